The maximum Gasteiger partial charge on any atom is 0.321 e. The number of rotatable bonds is 4. The molecule has 0 saturated heterocycles. The van der Waals surface area contributed by atoms with Crippen molar-refractivity contribution in [1.29, 1.82) is 0 Å². The van der Waals surface area contributed by atoms with E-state index in [0.29, 0.717) is 5.70 Å². The Morgan fingerprint density at radius 2 is 2.19 bits per heavy atom. The van der Waals surface area contributed by atoms with E-state index in [0.717, 1.165) is 30.8 Å². The number of nitrogens with zero attached hydrogens (tertiary/aromatic N) is 1. The van der Waals surface area contributed by atoms with Crippen LogP contribution in [-0.4, -0.2) is 42.8 Å². The molecule has 4 rings (SSSR count). The Morgan fingerprint density at radius 3 is 2.85 bits per heavy atom. The Balaban J connectivity index is 2.15. The van der Waals surface area contributed by atoms with Crippen LogP contribution in [0.5, 0.6) is 0 Å². The van der Waals surface area contributed by atoms with Crippen LogP contribution in [0.15, 0.2) is 66.0 Å². The predicted octanol–water partition coefficient (Wildman–Crippen LogP) is 2.93. The lowest BCUT2D eigenvalue weighted by molar-refractivity contribution is -0.154. The first-order chi connectivity index (χ1) is 12.7. The van der Waals surface area contributed by atoms with E-state index >= 15 is 0 Å². The lowest BCUT2D eigenvalue weighted by atomic mass is 9.68. The third-order valence-corrected chi connectivity index (χ3v) is 5.27. The zero-order valence-electron chi connectivity index (χ0n) is 15.3. The lowest BCUT2D eigenvalue weighted by Gasteiger charge is -2.41. The van der Waals surface area contributed by atoms with Crippen molar-refractivity contribution in [3.8, 4) is 0 Å². The SMILES string of the molecule is C/C=C1\CN2C=C[C@@H]1[C@](CO)(C(=O)OC)/C(Nc1ccccc1)=C\CC2. The van der Waals surface area contributed by atoms with Crippen LogP contribution >= 0.6 is 0 Å². The second-order valence-electron chi connectivity index (χ2n) is 6.67. The maximum absolute atomic E-state index is 13.0. The molecule has 2 atom stereocenters. The second-order valence-corrected chi connectivity index (χ2v) is 6.67. The van der Waals surface area contributed by atoms with Crippen LogP contribution < -0.4 is 5.32 Å². The Kier molecular flexibility index (Phi) is 5.47. The van der Waals surface area contributed by atoms with Crippen molar-refractivity contribution in [2.45, 2.75) is 13.3 Å². The molecule has 2 N–H and O–H groups in total. The highest BCUT2D eigenvalue weighted by Gasteiger charge is 2.51. The topological polar surface area (TPSA) is 61.8 Å². The number of nitrogens with one attached hydrogen (secondary N) is 1. The molecule has 0 fully saturated rings. The summed E-state index contributed by atoms with van der Waals surface area (Å²) in [6.07, 6.45) is 8.87. The molecule has 5 heteroatoms. The van der Waals surface area contributed by atoms with Crippen molar-refractivity contribution in [2.75, 3.05) is 32.1 Å². The fourth-order valence-electron chi connectivity index (χ4n) is 3.85. The highest BCUT2D eigenvalue weighted by Crippen LogP contribution is 2.44. The predicted molar refractivity (Wildman–Crippen MR) is 102 cm³/mol. The number of aliphatic hydroxyl groups excluding tert-OH is 1. The van der Waals surface area contributed by atoms with Gasteiger partial charge in [0.05, 0.1) is 13.7 Å². The van der Waals surface area contributed by atoms with Crippen LogP contribution in [0, 0.1) is 11.3 Å². The van der Waals surface area contributed by atoms with E-state index in [9.17, 15) is 9.90 Å². The van der Waals surface area contributed by atoms with E-state index in [-0.39, 0.29) is 12.5 Å². The molecule has 0 saturated carbocycles. The van der Waals surface area contributed by atoms with E-state index in [1.165, 1.54) is 7.11 Å². The average molecular weight is 354 g/mol. The summed E-state index contributed by atoms with van der Waals surface area (Å²) in [5, 5.41) is 13.9. The second kappa shape index (κ2) is 7.79. The summed E-state index contributed by atoms with van der Waals surface area (Å²) in [5.74, 6) is -0.694. The molecule has 2 bridgehead atoms. The quantitative estimate of drug-likeness (QED) is 0.643. The van der Waals surface area contributed by atoms with Crippen LogP contribution in [0.2, 0.25) is 0 Å². The molecule has 3 heterocycles. The van der Waals surface area contributed by atoms with Gasteiger partial charge in [-0.25, -0.2) is 0 Å². The van der Waals surface area contributed by atoms with Gasteiger partial charge >= 0.3 is 5.97 Å². The summed E-state index contributed by atoms with van der Waals surface area (Å²) >= 11 is 0. The van der Waals surface area contributed by atoms with Crippen molar-refractivity contribution in [1.82, 2.24) is 4.90 Å². The van der Waals surface area contributed by atoms with Crippen molar-refractivity contribution in [3.05, 3.63) is 66.0 Å². The number of ether oxygens (including phenoxy) is 1. The van der Waals surface area contributed by atoms with Gasteiger partial charge < -0.3 is 20.1 Å². The number of carbonyl (C=O) groups excluding carboxylic acids is 1. The summed E-state index contributed by atoms with van der Waals surface area (Å²) < 4.78 is 5.18. The van der Waals surface area contributed by atoms with Gasteiger partial charge in [-0.15, -0.1) is 0 Å². The molecule has 3 aliphatic heterocycles. The number of allylic oxidation sites excluding steroid dienone is 2. The summed E-state index contributed by atoms with van der Waals surface area (Å²) in [4.78, 5) is 15.2. The van der Waals surface area contributed by atoms with Crippen molar-refractivity contribution in [3.63, 3.8) is 0 Å². The summed E-state index contributed by atoms with van der Waals surface area (Å²) in [5.41, 5.74) is 1.48. The van der Waals surface area contributed by atoms with Gasteiger partial charge in [-0.3, -0.25) is 4.79 Å². The van der Waals surface area contributed by atoms with Crippen LogP contribution in [0.25, 0.3) is 0 Å². The molecule has 0 aromatic heterocycles. The number of methoxy groups -OCH3 is 1. The number of aliphatic hydroxyl groups is 1. The average Bonchev–Trinajstić information content (AvgIpc) is 2.80. The Morgan fingerprint density at radius 1 is 1.42 bits per heavy atom. The standard InChI is InChI=1S/C21H26N2O3/c1-3-16-14-23-12-7-10-19(22-17-8-5-4-6-9-17)21(15-24,20(25)26-2)18(16)11-13-23/h3-6,8-11,13,18,22,24H,7,12,14-15H2,1-2H3/b16-3+,19-10+/t18-,21-/m0/s1. The van der Waals surface area contributed by atoms with Gasteiger partial charge in [-0.1, -0.05) is 36.4 Å². The van der Waals surface area contributed by atoms with E-state index in [1.807, 2.05) is 61.7 Å². The van der Waals surface area contributed by atoms with Gasteiger partial charge in [0.1, 0.15) is 5.41 Å². The molecule has 0 aliphatic carbocycles. The number of hydrogen-bond acceptors (Lipinski definition) is 5. The van der Waals surface area contributed by atoms with Crippen LogP contribution in [-0.2, 0) is 9.53 Å². The Hall–Kier alpha value is -2.53. The third-order valence-electron chi connectivity index (χ3n) is 5.27. The van der Waals surface area contributed by atoms with Crippen LogP contribution in [0.3, 0.4) is 0 Å². The molecular weight excluding hydrogens is 328 g/mol. The van der Waals surface area contributed by atoms with Gasteiger partial charge in [-0.2, -0.15) is 0 Å². The van der Waals surface area contributed by atoms with E-state index < -0.39 is 11.4 Å². The smallest absolute Gasteiger partial charge is 0.321 e. The zero-order chi connectivity index (χ0) is 18.6. The molecule has 0 radical (unpaired) electrons. The lowest BCUT2D eigenvalue weighted by Crippen LogP contribution is -2.48. The van der Waals surface area contributed by atoms with E-state index in [1.54, 1.807) is 0 Å². The molecule has 138 valence electrons. The highest BCUT2D eigenvalue weighted by molar-refractivity contribution is 5.83. The Bertz CT molecular complexity index is 739. The van der Waals surface area contributed by atoms with Gasteiger partial charge in [-0.05, 0) is 37.3 Å². The van der Waals surface area contributed by atoms with Gasteiger partial charge in [0.25, 0.3) is 0 Å². The fraction of sp³-hybridized carbons (Fsp3) is 0.381. The fourth-order valence-corrected chi connectivity index (χ4v) is 3.85. The van der Waals surface area contributed by atoms with E-state index in [2.05, 4.69) is 10.2 Å². The molecule has 0 unspecified atom stereocenters. The van der Waals surface area contributed by atoms with Gasteiger partial charge in [0.2, 0.25) is 0 Å². The molecule has 0 spiro atoms. The third kappa shape index (κ3) is 3.15. The number of fused-ring (bicyclic) bond motifs is 4. The summed E-state index contributed by atoms with van der Waals surface area (Å²) in [6.45, 7) is 3.24. The number of anilines is 1. The van der Waals surface area contributed by atoms with Crippen molar-refractivity contribution in [2.24, 2.45) is 11.3 Å². The molecule has 1 aromatic carbocycles. The van der Waals surface area contributed by atoms with Gasteiger partial charge in [0.15, 0.2) is 0 Å². The minimum atomic E-state index is -1.20. The molecule has 26 heavy (non-hydrogen) atoms. The maximum atomic E-state index is 13.0. The normalized spacial score (nSPS) is 28.7. The van der Waals surface area contributed by atoms with Crippen molar-refractivity contribution >= 4 is 11.7 Å². The number of esters is 1. The monoisotopic (exact) mass is 354 g/mol. The van der Waals surface area contributed by atoms with E-state index in [4.69, 9.17) is 4.74 Å². The van der Waals surface area contributed by atoms with Crippen LogP contribution in [0.4, 0.5) is 5.69 Å². The number of carbonyl (C=O) groups is 1. The summed E-state index contributed by atoms with van der Waals surface area (Å²) in [6, 6.07) is 9.70. The van der Waals surface area contributed by atoms with Gasteiger partial charge in [0, 0.05) is 30.4 Å². The number of benzene rings is 1. The number of hydrogen-bond donors (Lipinski definition) is 2. The first kappa shape index (κ1) is 18.3. The minimum absolute atomic E-state index is 0.262. The minimum Gasteiger partial charge on any atom is -0.468 e. The molecule has 1 aromatic rings. The molecule has 0 amide bonds. The molecular formula is C21H26N2O3. The van der Waals surface area contributed by atoms with Crippen molar-refractivity contribution < 1.29 is 14.6 Å². The Labute approximate surface area is 154 Å². The first-order valence-electron chi connectivity index (χ1n) is 8.95. The zero-order valence-corrected chi connectivity index (χ0v) is 15.3. The van der Waals surface area contributed by atoms with Crippen LogP contribution in [0.1, 0.15) is 13.3 Å². The highest BCUT2D eigenvalue weighted by atomic mass is 16.5. The summed E-state index contributed by atoms with van der Waals surface area (Å²) in [7, 11) is 1.38. The largest absolute Gasteiger partial charge is 0.468 e. The molecule has 3 aliphatic rings. The first-order valence-corrected chi connectivity index (χ1v) is 8.95. The molecule has 5 nitrogen and oxygen atoms in total. The number of para-hydroxylation sites is 1.